The fraction of sp³-hybridized carbons (Fsp3) is 0.769. The summed E-state index contributed by atoms with van der Waals surface area (Å²) in [5.74, 6) is 0. The highest BCUT2D eigenvalue weighted by molar-refractivity contribution is 5.03. The zero-order valence-corrected chi connectivity index (χ0v) is 11.7. The summed E-state index contributed by atoms with van der Waals surface area (Å²) in [5, 5.41) is 3.48. The molecule has 1 aromatic heterocycles. The molecule has 0 aliphatic carbocycles. The second-order valence-electron chi connectivity index (χ2n) is 5.08. The molecule has 1 aromatic rings. The minimum atomic E-state index is -0.0670. The van der Waals surface area contributed by atoms with Crippen molar-refractivity contribution in [3.8, 4) is 0 Å². The number of hydrogen-bond donors (Lipinski definition) is 1. The summed E-state index contributed by atoms with van der Waals surface area (Å²) in [6.45, 7) is 7.31. The van der Waals surface area contributed by atoms with E-state index >= 15 is 0 Å². The van der Waals surface area contributed by atoms with Crippen LogP contribution in [0.3, 0.4) is 0 Å². The first-order chi connectivity index (χ1) is 7.98. The third-order valence-corrected chi connectivity index (χ3v) is 3.12. The van der Waals surface area contributed by atoms with Gasteiger partial charge in [-0.2, -0.15) is 0 Å². The molecular weight excluding hydrogens is 214 g/mol. The molecule has 1 atom stereocenters. The van der Waals surface area contributed by atoms with Gasteiger partial charge in [-0.05, 0) is 33.2 Å². The molecule has 0 fully saturated rings. The molecule has 0 bridgehead atoms. The summed E-state index contributed by atoms with van der Waals surface area (Å²) in [7, 11) is 3.77. The molecule has 1 N–H and O–H groups in total. The van der Waals surface area contributed by atoms with E-state index in [1.807, 2.05) is 17.9 Å². The van der Waals surface area contributed by atoms with Crippen LogP contribution in [0.2, 0.25) is 0 Å². The minimum absolute atomic E-state index is 0.0670. The predicted molar refractivity (Wildman–Crippen MR) is 69.9 cm³/mol. The molecule has 4 nitrogen and oxygen atoms in total. The molecule has 0 radical (unpaired) electrons. The van der Waals surface area contributed by atoms with Gasteiger partial charge >= 0.3 is 0 Å². The number of hydrogen-bond acceptors (Lipinski definition) is 3. The van der Waals surface area contributed by atoms with Crippen LogP contribution in [0.25, 0.3) is 0 Å². The van der Waals surface area contributed by atoms with E-state index in [9.17, 15) is 0 Å². The fourth-order valence-corrected chi connectivity index (χ4v) is 1.81. The van der Waals surface area contributed by atoms with Gasteiger partial charge in [-0.15, -0.1) is 0 Å². The summed E-state index contributed by atoms with van der Waals surface area (Å²) in [6, 6.07) is 0.315. The van der Waals surface area contributed by atoms with E-state index in [-0.39, 0.29) is 5.60 Å². The van der Waals surface area contributed by atoms with E-state index in [0.717, 1.165) is 25.1 Å². The molecule has 17 heavy (non-hydrogen) atoms. The standard InChI is InChI=1S/C13H25N3O/c1-6-14-11(7-8-13(2,3)17-5)12-9-16(4)10-15-12/h9-11,14H,6-8H2,1-5H3. The van der Waals surface area contributed by atoms with Crippen molar-refractivity contribution in [1.29, 1.82) is 0 Å². The highest BCUT2D eigenvalue weighted by atomic mass is 16.5. The van der Waals surface area contributed by atoms with E-state index in [1.165, 1.54) is 0 Å². The Balaban J connectivity index is 2.61. The van der Waals surface area contributed by atoms with Gasteiger partial charge in [0, 0.05) is 20.4 Å². The average molecular weight is 239 g/mol. The lowest BCUT2D eigenvalue weighted by atomic mass is 9.97. The normalized spacial score (nSPS) is 13.9. The van der Waals surface area contributed by atoms with Gasteiger partial charge in [0.2, 0.25) is 0 Å². The number of imidazole rings is 1. The maximum atomic E-state index is 5.45. The highest BCUT2D eigenvalue weighted by Gasteiger charge is 2.20. The quantitative estimate of drug-likeness (QED) is 0.793. The number of rotatable bonds is 7. The molecule has 0 aliphatic rings. The second kappa shape index (κ2) is 6.17. The third kappa shape index (κ3) is 4.48. The Labute approximate surface area is 104 Å². The van der Waals surface area contributed by atoms with Crippen LogP contribution in [0.5, 0.6) is 0 Å². The molecular formula is C13H25N3O. The van der Waals surface area contributed by atoms with E-state index in [0.29, 0.717) is 6.04 Å². The van der Waals surface area contributed by atoms with Gasteiger partial charge in [-0.3, -0.25) is 0 Å². The van der Waals surface area contributed by atoms with E-state index in [4.69, 9.17) is 4.74 Å². The lowest BCUT2D eigenvalue weighted by molar-refractivity contribution is 0.0116. The summed E-state index contributed by atoms with van der Waals surface area (Å²) < 4.78 is 7.44. The summed E-state index contributed by atoms with van der Waals surface area (Å²) in [6.07, 6.45) is 5.97. The molecule has 0 spiro atoms. The van der Waals surface area contributed by atoms with Crippen molar-refractivity contribution in [2.45, 2.75) is 45.3 Å². The van der Waals surface area contributed by atoms with Crippen molar-refractivity contribution in [1.82, 2.24) is 14.9 Å². The Morgan fingerprint density at radius 2 is 2.24 bits per heavy atom. The first kappa shape index (κ1) is 14.2. The highest BCUT2D eigenvalue weighted by Crippen LogP contribution is 2.23. The molecule has 98 valence electrons. The summed E-state index contributed by atoms with van der Waals surface area (Å²) >= 11 is 0. The van der Waals surface area contributed by atoms with E-state index < -0.39 is 0 Å². The Morgan fingerprint density at radius 1 is 1.53 bits per heavy atom. The summed E-state index contributed by atoms with van der Waals surface area (Å²) in [5.41, 5.74) is 1.05. The fourth-order valence-electron chi connectivity index (χ4n) is 1.81. The molecule has 0 saturated carbocycles. The maximum Gasteiger partial charge on any atom is 0.0947 e. The average Bonchev–Trinajstić information content (AvgIpc) is 2.71. The third-order valence-electron chi connectivity index (χ3n) is 3.12. The van der Waals surface area contributed by atoms with Gasteiger partial charge in [-0.25, -0.2) is 4.98 Å². The lowest BCUT2D eigenvalue weighted by Crippen LogP contribution is -2.27. The van der Waals surface area contributed by atoms with Crippen molar-refractivity contribution in [3.63, 3.8) is 0 Å². The van der Waals surface area contributed by atoms with Gasteiger partial charge in [0.05, 0.1) is 23.7 Å². The maximum absolute atomic E-state index is 5.45. The van der Waals surface area contributed by atoms with Crippen LogP contribution < -0.4 is 5.32 Å². The van der Waals surface area contributed by atoms with Crippen molar-refractivity contribution >= 4 is 0 Å². The molecule has 1 heterocycles. The van der Waals surface area contributed by atoms with Crippen molar-refractivity contribution in [2.24, 2.45) is 7.05 Å². The van der Waals surface area contributed by atoms with Crippen LogP contribution in [0.4, 0.5) is 0 Å². The lowest BCUT2D eigenvalue weighted by Gasteiger charge is -2.25. The number of aryl methyl sites for hydroxylation is 1. The molecule has 0 aliphatic heterocycles. The second-order valence-corrected chi connectivity index (χ2v) is 5.08. The van der Waals surface area contributed by atoms with Gasteiger partial charge in [0.1, 0.15) is 0 Å². The molecule has 1 rings (SSSR count). The zero-order valence-electron chi connectivity index (χ0n) is 11.7. The first-order valence-electron chi connectivity index (χ1n) is 6.25. The van der Waals surface area contributed by atoms with E-state index in [1.54, 1.807) is 7.11 Å². The van der Waals surface area contributed by atoms with Crippen LogP contribution in [0.15, 0.2) is 12.5 Å². The minimum Gasteiger partial charge on any atom is -0.379 e. The Bertz CT molecular complexity index is 333. The topological polar surface area (TPSA) is 39.1 Å². The zero-order chi connectivity index (χ0) is 12.9. The molecule has 4 heteroatoms. The summed E-state index contributed by atoms with van der Waals surface area (Å²) in [4.78, 5) is 4.42. The van der Waals surface area contributed by atoms with Crippen molar-refractivity contribution in [3.05, 3.63) is 18.2 Å². The Hall–Kier alpha value is -0.870. The van der Waals surface area contributed by atoms with Gasteiger partial charge in [-0.1, -0.05) is 6.92 Å². The number of methoxy groups -OCH3 is 1. The monoisotopic (exact) mass is 239 g/mol. The molecule has 0 aromatic carbocycles. The largest absolute Gasteiger partial charge is 0.379 e. The van der Waals surface area contributed by atoms with Crippen LogP contribution in [0, 0.1) is 0 Å². The number of aromatic nitrogens is 2. The van der Waals surface area contributed by atoms with Gasteiger partial charge in [0.15, 0.2) is 0 Å². The van der Waals surface area contributed by atoms with Crippen LogP contribution >= 0.6 is 0 Å². The van der Waals surface area contributed by atoms with Crippen molar-refractivity contribution in [2.75, 3.05) is 13.7 Å². The van der Waals surface area contributed by atoms with Crippen LogP contribution in [0.1, 0.15) is 45.3 Å². The molecule has 1 unspecified atom stereocenters. The SMILES string of the molecule is CCNC(CCC(C)(C)OC)c1cn(C)cn1. The smallest absolute Gasteiger partial charge is 0.0947 e. The van der Waals surface area contributed by atoms with Crippen LogP contribution in [-0.2, 0) is 11.8 Å². The van der Waals surface area contributed by atoms with Crippen molar-refractivity contribution < 1.29 is 4.74 Å². The van der Waals surface area contributed by atoms with E-state index in [2.05, 4.69) is 37.3 Å². The van der Waals surface area contributed by atoms with Gasteiger partial charge in [0.25, 0.3) is 0 Å². The molecule has 0 amide bonds. The molecule has 0 saturated heterocycles. The van der Waals surface area contributed by atoms with Crippen LogP contribution in [-0.4, -0.2) is 28.8 Å². The van der Waals surface area contributed by atoms with Gasteiger partial charge < -0.3 is 14.6 Å². The number of nitrogens with zero attached hydrogens (tertiary/aromatic N) is 2. The Morgan fingerprint density at radius 3 is 2.71 bits per heavy atom. The Kier molecular flexibility index (Phi) is 5.15. The number of ether oxygens (including phenoxy) is 1. The number of nitrogens with one attached hydrogen (secondary N) is 1. The first-order valence-corrected chi connectivity index (χ1v) is 6.25. The predicted octanol–water partition coefficient (Wildman–Crippen LogP) is 2.28.